The maximum atomic E-state index is 13.0. The van der Waals surface area contributed by atoms with Crippen molar-refractivity contribution in [2.24, 2.45) is 5.73 Å². The normalized spacial score (nSPS) is 30.5. The molecule has 1 aliphatic rings. The van der Waals surface area contributed by atoms with E-state index in [1.165, 1.54) is 0 Å². The number of halogens is 2. The first-order chi connectivity index (χ1) is 5.88. The fraction of sp³-hybridized carbons (Fsp3) is 0.556. The van der Waals surface area contributed by atoms with Crippen molar-refractivity contribution in [2.45, 2.75) is 31.7 Å². The quantitative estimate of drug-likeness (QED) is 0.690. The predicted molar refractivity (Wildman–Crippen MR) is 45.7 cm³/mol. The van der Waals surface area contributed by atoms with Crippen LogP contribution in [-0.2, 0) is 5.54 Å². The van der Waals surface area contributed by atoms with Gasteiger partial charge in [-0.25, -0.2) is 8.78 Å². The molecular weight excluding hydrogens is 174 g/mol. The van der Waals surface area contributed by atoms with Crippen LogP contribution >= 0.6 is 0 Å². The van der Waals surface area contributed by atoms with Gasteiger partial charge in [0.15, 0.2) is 0 Å². The first kappa shape index (κ1) is 8.69. The third-order valence-corrected chi connectivity index (χ3v) is 2.75. The van der Waals surface area contributed by atoms with Gasteiger partial charge in [-0.3, -0.25) is 0 Å². The van der Waals surface area contributed by atoms with Crippen LogP contribution in [0.4, 0.5) is 8.78 Å². The highest BCUT2D eigenvalue weighted by molar-refractivity contribution is 5.43. The van der Waals surface area contributed by atoms with Crippen LogP contribution in [0.15, 0.2) is 6.20 Å². The third-order valence-electron chi connectivity index (χ3n) is 2.75. The Hall–Kier alpha value is -0.900. The molecule has 0 aliphatic heterocycles. The van der Waals surface area contributed by atoms with Crippen molar-refractivity contribution in [3.05, 3.63) is 23.0 Å². The van der Waals surface area contributed by atoms with Gasteiger partial charge in [0.25, 0.3) is 5.92 Å². The Morgan fingerprint density at radius 3 is 2.31 bits per heavy atom. The molecule has 1 aliphatic carbocycles. The van der Waals surface area contributed by atoms with Gasteiger partial charge in [0.1, 0.15) is 5.54 Å². The lowest BCUT2D eigenvalue weighted by Gasteiger charge is -2.11. The molecule has 1 atom stereocenters. The average Bonchev–Trinajstić information content (AvgIpc) is 2.35. The summed E-state index contributed by atoms with van der Waals surface area (Å²) in [6.07, 6.45) is 1.48. The largest absolute Gasteiger partial charge is 0.365 e. The molecule has 0 amide bonds. The first-order valence-electron chi connectivity index (χ1n) is 4.20. The zero-order valence-electron chi connectivity index (χ0n) is 7.62. The van der Waals surface area contributed by atoms with Gasteiger partial charge < -0.3 is 10.7 Å². The van der Waals surface area contributed by atoms with Crippen LogP contribution in [0.25, 0.3) is 0 Å². The van der Waals surface area contributed by atoms with Crippen molar-refractivity contribution in [1.82, 2.24) is 4.98 Å². The molecule has 1 saturated carbocycles. The van der Waals surface area contributed by atoms with Crippen LogP contribution in [0.5, 0.6) is 0 Å². The Bertz CT molecular complexity index is 337. The van der Waals surface area contributed by atoms with Crippen LogP contribution in [0.3, 0.4) is 0 Å². The molecule has 1 aromatic heterocycles. The molecule has 0 saturated heterocycles. The van der Waals surface area contributed by atoms with Crippen LogP contribution in [0.1, 0.15) is 23.2 Å². The summed E-state index contributed by atoms with van der Waals surface area (Å²) < 4.78 is 25.9. The average molecular weight is 186 g/mol. The van der Waals surface area contributed by atoms with Gasteiger partial charge in [0, 0.05) is 23.9 Å². The minimum absolute atomic E-state index is 0.237. The monoisotopic (exact) mass is 186 g/mol. The van der Waals surface area contributed by atoms with E-state index in [1.54, 1.807) is 20.0 Å². The summed E-state index contributed by atoms with van der Waals surface area (Å²) in [5.74, 6) is -2.73. The van der Waals surface area contributed by atoms with E-state index in [-0.39, 0.29) is 6.42 Å². The van der Waals surface area contributed by atoms with Crippen molar-refractivity contribution in [1.29, 1.82) is 0 Å². The molecule has 13 heavy (non-hydrogen) atoms. The summed E-state index contributed by atoms with van der Waals surface area (Å²) in [4.78, 5) is 2.91. The standard InChI is InChI=1S/C9H12F2N2/c1-5-3-13-6(2)7(5)8(12)4-9(8,10)11/h3,13H,4,12H2,1-2H3. The molecule has 0 radical (unpaired) electrons. The van der Waals surface area contributed by atoms with Crippen LogP contribution in [0, 0.1) is 13.8 Å². The molecule has 0 aromatic carbocycles. The van der Waals surface area contributed by atoms with E-state index in [0.29, 0.717) is 5.56 Å². The van der Waals surface area contributed by atoms with Crippen molar-refractivity contribution >= 4 is 0 Å². The maximum Gasteiger partial charge on any atom is 0.272 e. The Morgan fingerprint density at radius 1 is 1.46 bits per heavy atom. The Balaban J connectivity index is 2.48. The van der Waals surface area contributed by atoms with Gasteiger partial charge >= 0.3 is 0 Å². The molecule has 1 unspecified atom stereocenters. The van der Waals surface area contributed by atoms with E-state index in [0.717, 1.165) is 11.3 Å². The summed E-state index contributed by atoms with van der Waals surface area (Å²) in [6.45, 7) is 3.56. The number of hydrogen-bond donors (Lipinski definition) is 2. The molecule has 1 heterocycles. The van der Waals surface area contributed by atoms with Crippen LogP contribution in [-0.4, -0.2) is 10.9 Å². The number of hydrogen-bond acceptors (Lipinski definition) is 1. The molecule has 0 bridgehead atoms. The predicted octanol–water partition coefficient (Wildman–Crippen LogP) is 1.82. The number of aromatic nitrogens is 1. The lowest BCUT2D eigenvalue weighted by molar-refractivity contribution is 0.0888. The Labute approximate surface area is 75.1 Å². The van der Waals surface area contributed by atoms with Gasteiger partial charge in [0.2, 0.25) is 0 Å². The lowest BCUT2D eigenvalue weighted by atomic mass is 10.0. The van der Waals surface area contributed by atoms with Crippen molar-refractivity contribution in [3.63, 3.8) is 0 Å². The van der Waals surface area contributed by atoms with E-state index < -0.39 is 11.5 Å². The SMILES string of the molecule is Cc1c[nH]c(C)c1C1(N)CC1(F)F. The first-order valence-corrected chi connectivity index (χ1v) is 4.20. The molecule has 3 N–H and O–H groups in total. The highest BCUT2D eigenvalue weighted by Gasteiger charge is 2.70. The zero-order chi connectivity index (χ0) is 9.85. The van der Waals surface area contributed by atoms with E-state index in [4.69, 9.17) is 5.73 Å². The number of nitrogens with one attached hydrogen (secondary N) is 1. The van der Waals surface area contributed by atoms with E-state index in [1.807, 2.05) is 0 Å². The number of alkyl halides is 2. The molecule has 2 nitrogen and oxygen atoms in total. The Morgan fingerprint density at radius 2 is 2.00 bits per heavy atom. The number of aryl methyl sites for hydroxylation is 2. The summed E-state index contributed by atoms with van der Waals surface area (Å²) in [6, 6.07) is 0. The van der Waals surface area contributed by atoms with Crippen LogP contribution in [0.2, 0.25) is 0 Å². The van der Waals surface area contributed by atoms with Crippen molar-refractivity contribution < 1.29 is 8.78 Å². The van der Waals surface area contributed by atoms with Gasteiger partial charge in [-0.15, -0.1) is 0 Å². The Kier molecular flexibility index (Phi) is 1.42. The highest BCUT2D eigenvalue weighted by atomic mass is 19.3. The number of H-pyrrole nitrogens is 1. The zero-order valence-corrected chi connectivity index (χ0v) is 7.62. The third kappa shape index (κ3) is 0.950. The number of aromatic amines is 1. The van der Waals surface area contributed by atoms with E-state index >= 15 is 0 Å². The summed E-state index contributed by atoms with van der Waals surface area (Å²) >= 11 is 0. The van der Waals surface area contributed by atoms with Gasteiger partial charge in [0.05, 0.1) is 0 Å². The molecular formula is C9H12F2N2. The van der Waals surface area contributed by atoms with E-state index in [9.17, 15) is 8.78 Å². The molecule has 1 aromatic rings. The molecule has 1 fully saturated rings. The second-order valence-electron chi connectivity index (χ2n) is 3.82. The second-order valence-corrected chi connectivity index (χ2v) is 3.82. The maximum absolute atomic E-state index is 13.0. The van der Waals surface area contributed by atoms with Gasteiger partial charge in [-0.05, 0) is 19.4 Å². The second kappa shape index (κ2) is 2.12. The molecule has 0 spiro atoms. The molecule has 4 heteroatoms. The van der Waals surface area contributed by atoms with Crippen molar-refractivity contribution in [2.75, 3.05) is 0 Å². The summed E-state index contributed by atoms with van der Waals surface area (Å²) in [5.41, 5.74) is 6.35. The number of nitrogens with two attached hydrogens (primary N) is 1. The molecule has 72 valence electrons. The fourth-order valence-electron chi connectivity index (χ4n) is 1.92. The lowest BCUT2D eigenvalue weighted by Crippen LogP contribution is -2.28. The van der Waals surface area contributed by atoms with Gasteiger partial charge in [-0.2, -0.15) is 0 Å². The highest BCUT2D eigenvalue weighted by Crippen LogP contribution is 2.58. The van der Waals surface area contributed by atoms with Crippen LogP contribution < -0.4 is 5.73 Å². The topological polar surface area (TPSA) is 41.8 Å². The summed E-state index contributed by atoms with van der Waals surface area (Å²) in [7, 11) is 0. The fourth-order valence-corrected chi connectivity index (χ4v) is 1.92. The van der Waals surface area contributed by atoms with E-state index in [2.05, 4.69) is 4.98 Å². The van der Waals surface area contributed by atoms with Crippen molar-refractivity contribution in [3.8, 4) is 0 Å². The minimum Gasteiger partial charge on any atom is -0.365 e. The van der Waals surface area contributed by atoms with Gasteiger partial charge in [-0.1, -0.05) is 0 Å². The molecule has 2 rings (SSSR count). The smallest absolute Gasteiger partial charge is 0.272 e. The number of rotatable bonds is 1. The summed E-state index contributed by atoms with van der Waals surface area (Å²) in [5, 5.41) is 0. The minimum atomic E-state index is -2.73.